The number of fused-ring (bicyclic) bond motifs is 1. The number of carbonyl (C=O) groups excluding carboxylic acids is 1. The van der Waals surface area contributed by atoms with Gasteiger partial charge in [-0.05, 0) is 18.2 Å². The van der Waals surface area contributed by atoms with Crippen LogP contribution in [0.1, 0.15) is 34.4 Å². The molecule has 3 aromatic rings. The van der Waals surface area contributed by atoms with Crippen molar-refractivity contribution in [2.24, 2.45) is 0 Å². The Balaban J connectivity index is 1.37. The standard InChI is InChI=1S/C20H19N3O2S/c24-19(23-17-8-10-25-18-7-2-1-6-16(17)18)11-15-13-26-20(22-15)12-14-5-3-4-9-21-14/h1-7,9,13,17H,8,10-12H2,(H,23,24)/t17-/m1/s1. The molecule has 0 bridgehead atoms. The van der Waals surface area contributed by atoms with E-state index in [1.807, 2.05) is 47.8 Å². The topological polar surface area (TPSA) is 64.1 Å². The molecule has 0 fully saturated rings. The third kappa shape index (κ3) is 3.91. The summed E-state index contributed by atoms with van der Waals surface area (Å²) in [7, 11) is 0. The SMILES string of the molecule is O=C(Cc1csc(Cc2ccccn2)n1)N[C@@H]1CCOc2ccccc21. The van der Waals surface area contributed by atoms with E-state index in [-0.39, 0.29) is 18.4 Å². The van der Waals surface area contributed by atoms with Crippen LogP contribution in [0.4, 0.5) is 0 Å². The van der Waals surface area contributed by atoms with Crippen molar-refractivity contribution in [3.05, 3.63) is 76.0 Å². The van der Waals surface area contributed by atoms with Gasteiger partial charge in [-0.25, -0.2) is 4.98 Å². The lowest BCUT2D eigenvalue weighted by molar-refractivity contribution is -0.121. The second kappa shape index (κ2) is 7.66. The Kier molecular flexibility index (Phi) is 4.93. The number of amides is 1. The van der Waals surface area contributed by atoms with E-state index in [0.717, 1.165) is 34.1 Å². The minimum Gasteiger partial charge on any atom is -0.493 e. The van der Waals surface area contributed by atoms with Gasteiger partial charge in [0, 0.05) is 35.7 Å². The number of hydrogen-bond donors (Lipinski definition) is 1. The Morgan fingerprint density at radius 2 is 2.08 bits per heavy atom. The molecule has 0 radical (unpaired) electrons. The first kappa shape index (κ1) is 16.7. The number of pyridine rings is 1. The molecule has 2 aromatic heterocycles. The van der Waals surface area contributed by atoms with E-state index in [9.17, 15) is 4.79 Å². The van der Waals surface area contributed by atoms with Crippen LogP contribution in [0, 0.1) is 0 Å². The Labute approximate surface area is 156 Å². The second-order valence-electron chi connectivity index (χ2n) is 6.20. The number of benzene rings is 1. The van der Waals surface area contributed by atoms with Crippen LogP contribution in [0.3, 0.4) is 0 Å². The van der Waals surface area contributed by atoms with Crippen LogP contribution < -0.4 is 10.1 Å². The molecule has 0 aliphatic carbocycles. The van der Waals surface area contributed by atoms with Gasteiger partial charge in [-0.2, -0.15) is 0 Å². The highest BCUT2D eigenvalue weighted by Crippen LogP contribution is 2.31. The fraction of sp³-hybridized carbons (Fsp3) is 0.250. The van der Waals surface area contributed by atoms with E-state index in [1.54, 1.807) is 17.5 Å². The zero-order chi connectivity index (χ0) is 17.8. The highest BCUT2D eigenvalue weighted by atomic mass is 32.1. The van der Waals surface area contributed by atoms with E-state index in [2.05, 4.69) is 15.3 Å². The molecule has 0 saturated carbocycles. The molecule has 6 heteroatoms. The second-order valence-corrected chi connectivity index (χ2v) is 7.14. The summed E-state index contributed by atoms with van der Waals surface area (Å²) in [5, 5.41) is 6.04. The van der Waals surface area contributed by atoms with Crippen molar-refractivity contribution in [1.29, 1.82) is 0 Å². The van der Waals surface area contributed by atoms with Gasteiger partial charge in [0.25, 0.3) is 0 Å². The number of aromatic nitrogens is 2. The first-order chi connectivity index (χ1) is 12.8. The fourth-order valence-corrected chi connectivity index (χ4v) is 3.88. The molecule has 1 amide bonds. The maximum Gasteiger partial charge on any atom is 0.226 e. The molecule has 1 atom stereocenters. The van der Waals surface area contributed by atoms with Gasteiger partial charge in [0.1, 0.15) is 5.75 Å². The van der Waals surface area contributed by atoms with Gasteiger partial charge in [0.2, 0.25) is 5.91 Å². The van der Waals surface area contributed by atoms with Crippen LogP contribution in [0.15, 0.2) is 54.0 Å². The van der Waals surface area contributed by atoms with E-state index in [4.69, 9.17) is 4.74 Å². The molecule has 1 aliphatic heterocycles. The summed E-state index contributed by atoms with van der Waals surface area (Å²) in [6.07, 6.45) is 3.55. The van der Waals surface area contributed by atoms with Crippen LogP contribution in [-0.2, 0) is 17.6 Å². The number of ether oxygens (including phenoxy) is 1. The van der Waals surface area contributed by atoms with Gasteiger partial charge in [-0.15, -0.1) is 11.3 Å². The van der Waals surface area contributed by atoms with Crippen molar-refractivity contribution in [1.82, 2.24) is 15.3 Å². The molecule has 1 aromatic carbocycles. The molecule has 1 N–H and O–H groups in total. The minimum atomic E-state index is -0.0126. The molecule has 5 nitrogen and oxygen atoms in total. The van der Waals surface area contributed by atoms with E-state index >= 15 is 0 Å². The number of rotatable bonds is 5. The number of thiazole rings is 1. The summed E-state index contributed by atoms with van der Waals surface area (Å²) in [6, 6.07) is 13.7. The molecule has 3 heterocycles. The first-order valence-electron chi connectivity index (χ1n) is 8.62. The van der Waals surface area contributed by atoms with Crippen LogP contribution >= 0.6 is 11.3 Å². The highest BCUT2D eigenvalue weighted by Gasteiger charge is 2.22. The lowest BCUT2D eigenvalue weighted by Crippen LogP contribution is -2.33. The maximum atomic E-state index is 12.5. The summed E-state index contributed by atoms with van der Waals surface area (Å²) in [6.45, 7) is 0.618. The fourth-order valence-electron chi connectivity index (χ4n) is 3.07. The highest BCUT2D eigenvalue weighted by molar-refractivity contribution is 7.09. The molecule has 4 rings (SSSR count). The van der Waals surface area contributed by atoms with Gasteiger partial charge < -0.3 is 10.1 Å². The largest absolute Gasteiger partial charge is 0.493 e. The van der Waals surface area contributed by atoms with Crippen molar-refractivity contribution < 1.29 is 9.53 Å². The van der Waals surface area contributed by atoms with Crippen molar-refractivity contribution in [3.8, 4) is 5.75 Å². The average Bonchev–Trinajstić information content (AvgIpc) is 3.09. The summed E-state index contributed by atoms with van der Waals surface area (Å²) in [5.74, 6) is 0.844. The van der Waals surface area contributed by atoms with Gasteiger partial charge in [0.15, 0.2) is 0 Å². The van der Waals surface area contributed by atoms with Crippen molar-refractivity contribution in [2.45, 2.75) is 25.3 Å². The average molecular weight is 365 g/mol. The summed E-state index contributed by atoms with van der Waals surface area (Å²) in [5.41, 5.74) is 2.83. The molecule has 0 spiro atoms. The molecule has 1 aliphatic rings. The third-order valence-corrected chi connectivity index (χ3v) is 5.19. The Bertz CT molecular complexity index is 895. The monoisotopic (exact) mass is 365 g/mol. The van der Waals surface area contributed by atoms with Crippen LogP contribution in [0.5, 0.6) is 5.75 Å². The number of hydrogen-bond acceptors (Lipinski definition) is 5. The minimum absolute atomic E-state index is 0.000857. The molecular weight excluding hydrogens is 346 g/mol. The predicted molar refractivity (Wildman–Crippen MR) is 100 cm³/mol. The molecule has 26 heavy (non-hydrogen) atoms. The Hall–Kier alpha value is -2.73. The molecular formula is C20H19N3O2S. The quantitative estimate of drug-likeness (QED) is 0.753. The molecule has 0 saturated heterocycles. The van der Waals surface area contributed by atoms with E-state index in [0.29, 0.717) is 13.0 Å². The lowest BCUT2D eigenvalue weighted by atomic mass is 10.0. The summed E-state index contributed by atoms with van der Waals surface area (Å²) in [4.78, 5) is 21.4. The molecule has 0 unspecified atom stereocenters. The zero-order valence-electron chi connectivity index (χ0n) is 14.2. The van der Waals surface area contributed by atoms with Crippen molar-refractivity contribution in [2.75, 3.05) is 6.61 Å². The summed E-state index contributed by atoms with van der Waals surface area (Å²) < 4.78 is 5.65. The Morgan fingerprint density at radius 3 is 2.96 bits per heavy atom. The van der Waals surface area contributed by atoms with Crippen LogP contribution in [0.2, 0.25) is 0 Å². The Morgan fingerprint density at radius 1 is 1.19 bits per heavy atom. The first-order valence-corrected chi connectivity index (χ1v) is 9.50. The van der Waals surface area contributed by atoms with Gasteiger partial charge in [-0.3, -0.25) is 9.78 Å². The number of para-hydroxylation sites is 1. The van der Waals surface area contributed by atoms with Gasteiger partial charge >= 0.3 is 0 Å². The van der Waals surface area contributed by atoms with E-state index in [1.165, 1.54) is 0 Å². The van der Waals surface area contributed by atoms with E-state index < -0.39 is 0 Å². The third-order valence-electron chi connectivity index (χ3n) is 4.29. The number of carbonyl (C=O) groups is 1. The zero-order valence-corrected chi connectivity index (χ0v) is 15.0. The number of nitrogens with one attached hydrogen (secondary N) is 1. The maximum absolute atomic E-state index is 12.5. The summed E-state index contributed by atoms with van der Waals surface area (Å²) >= 11 is 1.57. The van der Waals surface area contributed by atoms with Crippen molar-refractivity contribution in [3.63, 3.8) is 0 Å². The number of nitrogens with zero attached hydrogens (tertiary/aromatic N) is 2. The van der Waals surface area contributed by atoms with Crippen LogP contribution in [-0.4, -0.2) is 22.5 Å². The normalized spacial score (nSPS) is 15.8. The molecule has 132 valence electrons. The smallest absolute Gasteiger partial charge is 0.226 e. The predicted octanol–water partition coefficient (Wildman–Crippen LogP) is 3.31. The van der Waals surface area contributed by atoms with Gasteiger partial charge in [0.05, 0.1) is 29.8 Å². The lowest BCUT2D eigenvalue weighted by Gasteiger charge is -2.26. The van der Waals surface area contributed by atoms with Crippen LogP contribution in [0.25, 0.3) is 0 Å². The van der Waals surface area contributed by atoms with Crippen molar-refractivity contribution >= 4 is 17.2 Å². The van der Waals surface area contributed by atoms with Gasteiger partial charge in [-0.1, -0.05) is 24.3 Å².